The van der Waals surface area contributed by atoms with Crippen LogP contribution < -0.4 is 0 Å². The number of ketones is 15. The number of carbonyl (C=O) groups excluding carboxylic acids is 15. The number of aromatic nitrogens is 9. The third kappa shape index (κ3) is 31.3. The van der Waals surface area contributed by atoms with E-state index in [0.717, 1.165) is 31.3 Å². The van der Waals surface area contributed by atoms with Crippen LogP contribution in [0.15, 0.2) is 123 Å². The Balaban J connectivity index is 0.000000549. The largest absolute Gasteiger partial charge is 0.300 e. The van der Waals surface area contributed by atoms with E-state index < -0.39 is 0 Å². The Hall–Kier alpha value is -11.3. The number of rotatable bonds is 16. The van der Waals surface area contributed by atoms with Gasteiger partial charge in [0.2, 0.25) is 0 Å². The van der Waals surface area contributed by atoms with Crippen molar-refractivity contribution in [3.05, 3.63) is 202 Å². The van der Waals surface area contributed by atoms with Gasteiger partial charge < -0.3 is 0 Å². The first kappa shape index (κ1) is 82.7. The van der Waals surface area contributed by atoms with Gasteiger partial charge in [0.1, 0.15) is 57.8 Å². The van der Waals surface area contributed by atoms with Crippen molar-refractivity contribution in [2.75, 3.05) is 0 Å². The molecule has 0 radical (unpaired) electrons. The second kappa shape index (κ2) is 42.0. The molecule has 0 spiro atoms. The van der Waals surface area contributed by atoms with Gasteiger partial charge in [0, 0.05) is 120 Å². The molecular weight excluding hydrogens is 1230 g/mol. The zero-order valence-electron chi connectivity index (χ0n) is 56.8. The van der Waals surface area contributed by atoms with Crippen LogP contribution in [0.25, 0.3) is 5.57 Å². The summed E-state index contributed by atoms with van der Waals surface area (Å²) in [7, 11) is 0. The zero-order chi connectivity index (χ0) is 73.1. The van der Waals surface area contributed by atoms with Crippen molar-refractivity contribution in [1.82, 2.24) is 44.9 Å². The van der Waals surface area contributed by atoms with Crippen molar-refractivity contribution in [1.29, 1.82) is 0 Å². The molecule has 0 amide bonds. The van der Waals surface area contributed by atoms with Gasteiger partial charge in [-0.25, -0.2) is 29.9 Å². The summed E-state index contributed by atoms with van der Waals surface area (Å²) in [5, 5.41) is 0. The molecule has 24 heteroatoms. The Labute approximate surface area is 557 Å². The van der Waals surface area contributed by atoms with Gasteiger partial charge in [-0.2, -0.15) is 0 Å². The minimum Gasteiger partial charge on any atom is -0.300 e. The number of carbonyl (C=O) groups is 15. The van der Waals surface area contributed by atoms with Crippen LogP contribution in [0.3, 0.4) is 0 Å². The van der Waals surface area contributed by atoms with E-state index in [4.69, 9.17) is 0 Å². The maximum Gasteiger partial charge on any atom is 0.196 e. The highest BCUT2D eigenvalue weighted by Crippen LogP contribution is 2.30. The third-order valence-electron chi connectivity index (χ3n) is 13.2. The summed E-state index contributed by atoms with van der Waals surface area (Å²) in [6, 6.07) is 19.1. The molecule has 0 saturated heterocycles. The van der Waals surface area contributed by atoms with Gasteiger partial charge in [-0.15, -0.1) is 0 Å². The van der Waals surface area contributed by atoms with Crippen LogP contribution in [0.2, 0.25) is 0 Å². The summed E-state index contributed by atoms with van der Waals surface area (Å²) in [6.45, 7) is 27.4. The highest BCUT2D eigenvalue weighted by Gasteiger charge is 2.27. The van der Waals surface area contributed by atoms with E-state index in [1.165, 1.54) is 146 Å². The van der Waals surface area contributed by atoms with E-state index in [0.29, 0.717) is 56.3 Å². The fourth-order valence-corrected chi connectivity index (χ4v) is 7.59. The summed E-state index contributed by atoms with van der Waals surface area (Å²) >= 11 is 0. The first-order valence-electron chi connectivity index (χ1n) is 29.6. The smallest absolute Gasteiger partial charge is 0.196 e. The number of benzene rings is 1. The van der Waals surface area contributed by atoms with Crippen molar-refractivity contribution < 1.29 is 71.9 Å². The highest BCUT2D eigenvalue weighted by atomic mass is 16.2. The van der Waals surface area contributed by atoms with Crippen molar-refractivity contribution in [3.63, 3.8) is 0 Å². The van der Waals surface area contributed by atoms with Crippen LogP contribution >= 0.6 is 0 Å². The van der Waals surface area contributed by atoms with Gasteiger partial charge in [0.15, 0.2) is 81.0 Å². The average Bonchev–Trinajstić information content (AvgIpc) is 3.55. The van der Waals surface area contributed by atoms with E-state index in [-0.39, 0.29) is 121 Å². The minimum atomic E-state index is -0.238. The summed E-state index contributed by atoms with van der Waals surface area (Å²) < 4.78 is 0. The molecule has 8 rings (SSSR count). The average molecular weight is 1310 g/mol. The molecule has 0 N–H and O–H groups in total. The van der Waals surface area contributed by atoms with Gasteiger partial charge in [0.25, 0.3) is 0 Å². The van der Waals surface area contributed by atoms with Crippen LogP contribution in [0.4, 0.5) is 0 Å². The normalized spacial score (nSPS) is 12.0. The zero-order valence-corrected chi connectivity index (χ0v) is 56.8. The van der Waals surface area contributed by atoms with E-state index in [9.17, 15) is 71.9 Å². The lowest BCUT2D eigenvalue weighted by Crippen LogP contribution is -2.24. The van der Waals surface area contributed by atoms with Gasteiger partial charge >= 0.3 is 0 Å². The predicted molar refractivity (Wildman–Crippen MR) is 357 cm³/mol. The summed E-state index contributed by atoms with van der Waals surface area (Å²) in [6.07, 6.45) is 13.8. The molecule has 1 aliphatic rings. The minimum absolute atomic E-state index is 0.0156. The second-order valence-electron chi connectivity index (χ2n) is 21.5. The molecule has 1 fully saturated rings. The van der Waals surface area contributed by atoms with Crippen LogP contribution in [0.5, 0.6) is 0 Å². The standard InChI is InChI=1S/C10H16O2.C10H10O2.C9H10N2O.3C9H9NO2.2C8H8N2O2/c2*1-7(11)9-4-3-5-10(6-9)8(2)12;1-6(2)8-4-10-5-9(11-8)7(3)12;1-6(11)8-3-9(7(2)12)5-10-4-8;1-6(11)8-3-4-10-9(5-8)7(2)12;1-6(11)8-4-3-5-9(10-8)7(2)12;1-5(11)7-3-8(6(2)12)10-4-9-7;1-5(11)7-3-4-9-8(10-7)6(2)12/h9-10H,3-6H2,1-2H3;3-6H,1-2H3;4-5H,1H2,2-3H3;3*3-5H,1-2H3;2*3-4H,1-2H3. The highest BCUT2D eigenvalue weighted by molar-refractivity contribution is 6.02. The number of hydrogen-bond acceptors (Lipinski definition) is 24. The van der Waals surface area contributed by atoms with Crippen LogP contribution in [0.1, 0.15) is 278 Å². The number of Topliss-reactive ketones (excluding diaryl/α,β-unsaturated/α-hetero) is 15. The number of hydrogen-bond donors (Lipinski definition) is 0. The van der Waals surface area contributed by atoms with Crippen molar-refractivity contribution in [2.45, 2.75) is 136 Å². The van der Waals surface area contributed by atoms with Crippen molar-refractivity contribution in [3.8, 4) is 0 Å². The van der Waals surface area contributed by atoms with Crippen molar-refractivity contribution in [2.24, 2.45) is 11.8 Å². The molecule has 96 heavy (non-hydrogen) atoms. The van der Waals surface area contributed by atoms with Crippen LogP contribution in [-0.4, -0.2) is 132 Å². The first-order chi connectivity index (χ1) is 44.9. The number of allylic oxidation sites excluding steroid dienone is 1. The summed E-state index contributed by atoms with van der Waals surface area (Å²) in [5.74, 6) is -0.532. The van der Waals surface area contributed by atoms with E-state index in [2.05, 4.69) is 51.4 Å². The fraction of sp³-hybridized carbons (Fsp3) is 0.306. The molecule has 24 nitrogen and oxygen atoms in total. The molecule has 0 bridgehead atoms. The second-order valence-corrected chi connectivity index (χ2v) is 21.5. The van der Waals surface area contributed by atoms with Gasteiger partial charge in [-0.1, -0.05) is 37.3 Å². The lowest BCUT2D eigenvalue weighted by molar-refractivity contribution is -0.125. The van der Waals surface area contributed by atoms with E-state index >= 15 is 0 Å². The molecule has 2 unspecified atom stereocenters. The Morgan fingerprint density at radius 2 is 0.677 bits per heavy atom. The summed E-state index contributed by atoms with van der Waals surface area (Å²) in [4.78, 5) is 198. The third-order valence-corrected chi connectivity index (χ3v) is 13.2. The van der Waals surface area contributed by atoms with E-state index in [1.807, 2.05) is 6.92 Å². The fourth-order valence-electron chi connectivity index (χ4n) is 7.59. The maximum absolute atomic E-state index is 11.1. The Morgan fingerprint density at radius 1 is 0.323 bits per heavy atom. The Bertz CT molecular complexity index is 3170. The van der Waals surface area contributed by atoms with Crippen LogP contribution in [-0.2, 0) is 9.59 Å². The first-order valence-corrected chi connectivity index (χ1v) is 29.6. The summed E-state index contributed by atoms with van der Waals surface area (Å²) in [5.41, 5.74) is 6.34. The Morgan fingerprint density at radius 3 is 1.07 bits per heavy atom. The van der Waals surface area contributed by atoms with Gasteiger partial charge in [-0.3, -0.25) is 86.9 Å². The van der Waals surface area contributed by atoms with Gasteiger partial charge in [-0.05, 0) is 129 Å². The van der Waals surface area contributed by atoms with E-state index in [1.54, 1.807) is 74.6 Å². The molecule has 0 aliphatic heterocycles. The molecular formula is C72H79N9O15. The predicted octanol–water partition coefficient (Wildman–Crippen LogP) is 12.0. The molecule has 6 heterocycles. The molecule has 1 aliphatic carbocycles. The number of nitrogens with zero attached hydrogens (tertiary/aromatic N) is 9. The molecule has 1 saturated carbocycles. The van der Waals surface area contributed by atoms with Gasteiger partial charge in [0.05, 0.1) is 18.1 Å². The topological polar surface area (TPSA) is 372 Å². The van der Waals surface area contributed by atoms with Crippen molar-refractivity contribution >= 4 is 92.3 Å². The molecule has 6 aromatic heterocycles. The quantitative estimate of drug-likeness (QED) is 0.0811. The molecule has 2 atom stereocenters. The Kier molecular flexibility index (Phi) is 36.2. The van der Waals surface area contributed by atoms with Crippen LogP contribution in [0, 0.1) is 11.8 Å². The number of pyridine rings is 3. The molecule has 7 aromatic rings. The lowest BCUT2D eigenvalue weighted by atomic mass is 9.78. The molecule has 502 valence electrons. The SMILES string of the molecule is C=C(C)c1cncc(C(C)=O)n1.CC(=O)C1CCCC(C(C)=O)C1.CC(=O)c1cc(C(C)=O)ncn1.CC(=O)c1cccc(C(C)=O)c1.CC(=O)c1cccc(C(C)=O)n1.CC(=O)c1ccnc(C(C)=O)c1.CC(=O)c1ccnc(C(C)=O)n1.CC(=O)c1cncc(C(C)=O)c1. The monoisotopic (exact) mass is 1310 g/mol. The maximum atomic E-state index is 11.1. The lowest BCUT2D eigenvalue weighted by Gasteiger charge is -2.25. The molecule has 1 aromatic carbocycles.